The topological polar surface area (TPSA) is 61.4 Å². The maximum Gasteiger partial charge on any atom is 0.228 e. The molecule has 0 aliphatic carbocycles. The number of nitrogens with one attached hydrogen (secondary N) is 2. The molecule has 1 atom stereocenters. The Balaban J connectivity index is 2.57. The summed E-state index contributed by atoms with van der Waals surface area (Å²) in [7, 11) is 0.180. The Kier molecular flexibility index (Phi) is 3.66. The number of rotatable bonds is 3. The SMILES string of the molecule is CN(C)NS(=O)(=O)C1CCCNC1. The molecule has 0 spiro atoms. The van der Waals surface area contributed by atoms with Gasteiger partial charge in [-0.2, -0.15) is 0 Å². The van der Waals surface area contributed by atoms with Crippen molar-refractivity contribution < 1.29 is 8.42 Å². The Labute approximate surface area is 79.5 Å². The second kappa shape index (κ2) is 4.36. The van der Waals surface area contributed by atoms with Crippen LogP contribution in [-0.4, -0.2) is 45.9 Å². The van der Waals surface area contributed by atoms with Crippen LogP contribution >= 0.6 is 0 Å². The molecule has 2 N–H and O–H groups in total. The smallest absolute Gasteiger partial charge is 0.228 e. The summed E-state index contributed by atoms with van der Waals surface area (Å²) >= 11 is 0. The highest BCUT2D eigenvalue weighted by atomic mass is 32.2. The lowest BCUT2D eigenvalue weighted by atomic mass is 10.2. The molecule has 0 aromatic rings. The van der Waals surface area contributed by atoms with Gasteiger partial charge in [0.2, 0.25) is 10.0 Å². The minimum atomic E-state index is -3.17. The van der Waals surface area contributed by atoms with E-state index in [2.05, 4.69) is 10.1 Å². The predicted octanol–water partition coefficient (Wildman–Crippen LogP) is -0.866. The van der Waals surface area contributed by atoms with Crippen LogP contribution in [0, 0.1) is 0 Å². The summed E-state index contributed by atoms with van der Waals surface area (Å²) in [5.41, 5.74) is 0. The summed E-state index contributed by atoms with van der Waals surface area (Å²) in [6.45, 7) is 1.48. The van der Waals surface area contributed by atoms with E-state index in [-0.39, 0.29) is 5.25 Å². The molecular weight excluding hydrogens is 190 g/mol. The van der Waals surface area contributed by atoms with E-state index in [0.29, 0.717) is 6.54 Å². The second-order valence-electron chi connectivity index (χ2n) is 3.50. The van der Waals surface area contributed by atoms with Crippen molar-refractivity contribution in [3.05, 3.63) is 0 Å². The van der Waals surface area contributed by atoms with Crippen molar-refractivity contribution in [1.82, 2.24) is 15.2 Å². The van der Waals surface area contributed by atoms with Gasteiger partial charge >= 0.3 is 0 Å². The van der Waals surface area contributed by atoms with Gasteiger partial charge in [0, 0.05) is 20.6 Å². The summed E-state index contributed by atoms with van der Waals surface area (Å²) in [5.74, 6) is 0. The molecule has 0 saturated carbocycles. The lowest BCUT2D eigenvalue weighted by Crippen LogP contribution is -2.48. The van der Waals surface area contributed by atoms with Crippen LogP contribution in [0.1, 0.15) is 12.8 Å². The summed E-state index contributed by atoms with van der Waals surface area (Å²) in [6, 6.07) is 0. The molecule has 78 valence electrons. The van der Waals surface area contributed by atoms with Gasteiger partial charge in [0.25, 0.3) is 0 Å². The van der Waals surface area contributed by atoms with Crippen molar-refractivity contribution in [2.75, 3.05) is 27.2 Å². The highest BCUT2D eigenvalue weighted by Gasteiger charge is 2.27. The first-order chi connectivity index (χ1) is 6.02. The van der Waals surface area contributed by atoms with E-state index >= 15 is 0 Å². The zero-order valence-electron chi connectivity index (χ0n) is 8.08. The van der Waals surface area contributed by atoms with E-state index in [4.69, 9.17) is 0 Å². The minimum absolute atomic E-state index is 0.288. The maximum atomic E-state index is 11.6. The fourth-order valence-electron chi connectivity index (χ4n) is 1.41. The molecule has 1 fully saturated rings. The molecule has 13 heavy (non-hydrogen) atoms. The standard InChI is InChI=1S/C7H17N3O2S/c1-10(2)9-13(11,12)7-4-3-5-8-6-7/h7-9H,3-6H2,1-2H3. The van der Waals surface area contributed by atoms with Gasteiger partial charge in [0.1, 0.15) is 0 Å². The average Bonchev–Trinajstić information content (AvgIpc) is 2.04. The monoisotopic (exact) mass is 207 g/mol. The summed E-state index contributed by atoms with van der Waals surface area (Å²) in [4.78, 5) is 2.45. The van der Waals surface area contributed by atoms with Crippen molar-refractivity contribution >= 4 is 10.0 Å². The first-order valence-corrected chi connectivity index (χ1v) is 5.96. The van der Waals surface area contributed by atoms with Crippen LogP contribution in [0.5, 0.6) is 0 Å². The molecule has 1 saturated heterocycles. The first kappa shape index (κ1) is 10.9. The van der Waals surface area contributed by atoms with Crippen LogP contribution in [0.3, 0.4) is 0 Å². The highest BCUT2D eigenvalue weighted by Crippen LogP contribution is 2.10. The van der Waals surface area contributed by atoms with E-state index in [9.17, 15) is 8.42 Å². The third-order valence-corrected chi connectivity index (χ3v) is 3.90. The van der Waals surface area contributed by atoms with Crippen LogP contribution in [0.15, 0.2) is 0 Å². The Bertz CT molecular complexity index is 244. The van der Waals surface area contributed by atoms with Gasteiger partial charge in [-0.3, -0.25) is 0 Å². The van der Waals surface area contributed by atoms with E-state index in [1.54, 1.807) is 14.1 Å². The van der Waals surface area contributed by atoms with Crippen molar-refractivity contribution in [3.8, 4) is 0 Å². The Morgan fingerprint density at radius 1 is 1.46 bits per heavy atom. The first-order valence-electron chi connectivity index (χ1n) is 4.41. The molecule has 6 heteroatoms. The van der Waals surface area contributed by atoms with Gasteiger partial charge in [0.15, 0.2) is 0 Å². The Hall–Kier alpha value is -0.170. The molecule has 1 aliphatic rings. The van der Waals surface area contributed by atoms with E-state index in [1.807, 2.05) is 0 Å². The molecule has 1 rings (SSSR count). The number of hydrazine groups is 1. The number of piperidine rings is 1. The third kappa shape index (κ3) is 3.22. The molecule has 0 radical (unpaired) electrons. The molecule has 1 unspecified atom stereocenters. The van der Waals surface area contributed by atoms with Crippen LogP contribution < -0.4 is 10.1 Å². The van der Waals surface area contributed by atoms with Crippen molar-refractivity contribution in [1.29, 1.82) is 0 Å². The van der Waals surface area contributed by atoms with Crippen LogP contribution in [0.25, 0.3) is 0 Å². The molecule has 0 aromatic heterocycles. The van der Waals surface area contributed by atoms with Crippen molar-refractivity contribution in [2.24, 2.45) is 0 Å². The van der Waals surface area contributed by atoms with E-state index in [1.165, 1.54) is 5.01 Å². The number of hydrogen-bond acceptors (Lipinski definition) is 4. The van der Waals surface area contributed by atoms with E-state index < -0.39 is 10.0 Å². The predicted molar refractivity (Wildman–Crippen MR) is 51.6 cm³/mol. The second-order valence-corrected chi connectivity index (χ2v) is 5.44. The fourth-order valence-corrected chi connectivity index (χ4v) is 2.89. The van der Waals surface area contributed by atoms with Gasteiger partial charge in [-0.25, -0.2) is 13.4 Å². The fraction of sp³-hybridized carbons (Fsp3) is 1.00. The van der Waals surface area contributed by atoms with Crippen molar-refractivity contribution in [2.45, 2.75) is 18.1 Å². The highest BCUT2D eigenvalue weighted by molar-refractivity contribution is 7.90. The maximum absolute atomic E-state index is 11.6. The molecule has 5 nitrogen and oxygen atoms in total. The van der Waals surface area contributed by atoms with Gasteiger partial charge in [-0.1, -0.05) is 0 Å². The summed E-state index contributed by atoms with van der Waals surface area (Å²) in [5, 5.41) is 4.25. The van der Waals surface area contributed by atoms with Gasteiger partial charge in [-0.15, -0.1) is 4.83 Å². The zero-order chi connectivity index (χ0) is 9.90. The third-order valence-electron chi connectivity index (χ3n) is 2.00. The van der Waals surface area contributed by atoms with Gasteiger partial charge in [-0.05, 0) is 19.4 Å². The normalized spacial score (nSPS) is 25.0. The van der Waals surface area contributed by atoms with Crippen LogP contribution in [0.2, 0.25) is 0 Å². The lowest BCUT2D eigenvalue weighted by molar-refractivity contribution is 0.356. The number of sulfonamides is 1. The molecule has 1 aliphatic heterocycles. The minimum Gasteiger partial charge on any atom is -0.315 e. The number of hydrogen-bond donors (Lipinski definition) is 2. The van der Waals surface area contributed by atoms with E-state index in [0.717, 1.165) is 19.4 Å². The molecule has 0 aromatic carbocycles. The molecular formula is C7H17N3O2S. The van der Waals surface area contributed by atoms with Gasteiger partial charge in [0.05, 0.1) is 5.25 Å². The van der Waals surface area contributed by atoms with Crippen molar-refractivity contribution in [3.63, 3.8) is 0 Å². The molecule has 0 bridgehead atoms. The summed E-state index contributed by atoms with van der Waals surface area (Å²) < 4.78 is 23.2. The quantitative estimate of drug-likeness (QED) is 0.591. The zero-order valence-corrected chi connectivity index (χ0v) is 8.89. The van der Waals surface area contributed by atoms with Crippen LogP contribution in [-0.2, 0) is 10.0 Å². The number of nitrogens with zero attached hydrogens (tertiary/aromatic N) is 1. The average molecular weight is 207 g/mol. The largest absolute Gasteiger partial charge is 0.315 e. The Morgan fingerprint density at radius 2 is 2.15 bits per heavy atom. The Morgan fingerprint density at radius 3 is 2.62 bits per heavy atom. The summed E-state index contributed by atoms with van der Waals surface area (Å²) in [6.07, 6.45) is 1.68. The molecule has 1 heterocycles. The van der Waals surface area contributed by atoms with Gasteiger partial charge < -0.3 is 5.32 Å². The molecule has 0 amide bonds. The van der Waals surface area contributed by atoms with Crippen LogP contribution in [0.4, 0.5) is 0 Å². The lowest BCUT2D eigenvalue weighted by Gasteiger charge is -2.24.